The number of hydrogen-bond acceptors (Lipinski definition) is 2. The number of methoxy groups -OCH3 is 1. The zero-order valence-electron chi connectivity index (χ0n) is 10.8. The van der Waals surface area contributed by atoms with Gasteiger partial charge in [0, 0.05) is 22.1 Å². The number of rotatable bonds is 4. The lowest BCUT2D eigenvalue weighted by Gasteiger charge is -2.12. The first-order valence-corrected chi connectivity index (χ1v) is 7.09. The number of ether oxygens (including phenoxy) is 1. The number of halogens is 2. The largest absolute Gasteiger partial charge is 0.497 e. The molecule has 0 aliphatic heterocycles. The Labute approximate surface area is 126 Å². The highest BCUT2D eigenvalue weighted by atomic mass is 79.9. The summed E-state index contributed by atoms with van der Waals surface area (Å²) in [5.41, 5.74) is 3.41. The van der Waals surface area contributed by atoms with Crippen molar-refractivity contribution in [2.45, 2.75) is 13.5 Å². The predicted octanol–water partition coefficient (Wildman–Crippen LogP) is 5.03. The van der Waals surface area contributed by atoms with Crippen LogP contribution < -0.4 is 10.1 Å². The third kappa shape index (κ3) is 3.64. The van der Waals surface area contributed by atoms with Crippen LogP contribution in [0.15, 0.2) is 40.9 Å². The van der Waals surface area contributed by atoms with E-state index in [1.807, 2.05) is 36.4 Å². The van der Waals surface area contributed by atoms with Crippen LogP contribution in [-0.2, 0) is 6.54 Å². The molecule has 100 valence electrons. The van der Waals surface area contributed by atoms with E-state index >= 15 is 0 Å². The van der Waals surface area contributed by atoms with Crippen molar-refractivity contribution >= 4 is 33.2 Å². The first kappa shape index (κ1) is 14.2. The highest BCUT2D eigenvalue weighted by Crippen LogP contribution is 2.28. The van der Waals surface area contributed by atoms with Gasteiger partial charge in [-0.2, -0.15) is 0 Å². The summed E-state index contributed by atoms with van der Waals surface area (Å²) in [6.07, 6.45) is 0. The van der Waals surface area contributed by atoms with Crippen molar-refractivity contribution in [1.29, 1.82) is 0 Å². The summed E-state index contributed by atoms with van der Waals surface area (Å²) in [7, 11) is 1.66. The Bertz CT molecular complexity index is 586. The molecular formula is C15H15BrClNO. The van der Waals surface area contributed by atoms with Gasteiger partial charge in [0.25, 0.3) is 0 Å². The lowest BCUT2D eigenvalue weighted by Crippen LogP contribution is -2.02. The fraction of sp³-hybridized carbons (Fsp3) is 0.200. The average molecular weight is 341 g/mol. The molecule has 1 N–H and O–H groups in total. The van der Waals surface area contributed by atoms with Crippen LogP contribution in [0.25, 0.3) is 0 Å². The van der Waals surface area contributed by atoms with Gasteiger partial charge in [0.15, 0.2) is 0 Å². The summed E-state index contributed by atoms with van der Waals surface area (Å²) in [5, 5.41) is 4.16. The molecule has 2 aromatic carbocycles. The minimum atomic E-state index is 0.745. The van der Waals surface area contributed by atoms with Crippen molar-refractivity contribution < 1.29 is 4.74 Å². The van der Waals surface area contributed by atoms with E-state index in [1.165, 1.54) is 11.1 Å². The standard InChI is InChI=1S/C15H15BrClNO/c1-10-7-12(17)4-3-11(10)9-18-15-8-13(19-2)5-6-14(15)16/h3-8,18H,9H2,1-2H3. The van der Waals surface area contributed by atoms with E-state index in [9.17, 15) is 0 Å². The highest BCUT2D eigenvalue weighted by molar-refractivity contribution is 9.10. The van der Waals surface area contributed by atoms with Crippen LogP contribution in [-0.4, -0.2) is 7.11 Å². The van der Waals surface area contributed by atoms with Gasteiger partial charge in [0.05, 0.1) is 12.8 Å². The lowest BCUT2D eigenvalue weighted by atomic mass is 10.1. The SMILES string of the molecule is COc1ccc(Br)c(NCc2ccc(Cl)cc2C)c1. The van der Waals surface area contributed by atoms with Gasteiger partial charge in [0.2, 0.25) is 0 Å². The van der Waals surface area contributed by atoms with Crippen LogP contribution in [0.5, 0.6) is 5.75 Å². The van der Waals surface area contributed by atoms with Crippen molar-refractivity contribution in [3.8, 4) is 5.75 Å². The van der Waals surface area contributed by atoms with Gasteiger partial charge in [-0.1, -0.05) is 17.7 Å². The van der Waals surface area contributed by atoms with Crippen molar-refractivity contribution in [3.05, 3.63) is 57.0 Å². The van der Waals surface area contributed by atoms with Crippen molar-refractivity contribution in [3.63, 3.8) is 0 Å². The minimum absolute atomic E-state index is 0.745. The van der Waals surface area contributed by atoms with E-state index in [1.54, 1.807) is 7.11 Å². The number of anilines is 1. The molecule has 2 rings (SSSR count). The zero-order valence-corrected chi connectivity index (χ0v) is 13.2. The van der Waals surface area contributed by atoms with Gasteiger partial charge in [-0.15, -0.1) is 0 Å². The van der Waals surface area contributed by atoms with Crippen LogP contribution in [0.3, 0.4) is 0 Å². The molecule has 4 heteroatoms. The fourth-order valence-electron chi connectivity index (χ4n) is 1.81. The van der Waals surface area contributed by atoms with Gasteiger partial charge in [-0.05, 0) is 58.2 Å². The quantitative estimate of drug-likeness (QED) is 0.842. The second kappa shape index (κ2) is 6.31. The second-order valence-corrected chi connectivity index (χ2v) is 5.56. The van der Waals surface area contributed by atoms with Crippen LogP contribution in [0.2, 0.25) is 5.02 Å². The molecule has 19 heavy (non-hydrogen) atoms. The molecule has 0 heterocycles. The maximum absolute atomic E-state index is 5.95. The molecular weight excluding hydrogens is 326 g/mol. The summed E-state index contributed by atoms with van der Waals surface area (Å²) in [5.74, 6) is 0.832. The molecule has 2 nitrogen and oxygen atoms in total. The Hall–Kier alpha value is -1.19. The molecule has 0 radical (unpaired) electrons. The highest BCUT2D eigenvalue weighted by Gasteiger charge is 2.04. The maximum atomic E-state index is 5.95. The molecule has 2 aromatic rings. The summed E-state index contributed by atoms with van der Waals surface area (Å²) >= 11 is 9.48. The number of nitrogens with one attached hydrogen (secondary N) is 1. The molecule has 0 saturated carbocycles. The summed E-state index contributed by atoms with van der Waals surface area (Å²) in [4.78, 5) is 0. The second-order valence-electron chi connectivity index (χ2n) is 4.27. The van der Waals surface area contributed by atoms with E-state index in [0.717, 1.165) is 27.5 Å². The Kier molecular flexibility index (Phi) is 4.72. The van der Waals surface area contributed by atoms with Crippen LogP contribution in [0.1, 0.15) is 11.1 Å². The normalized spacial score (nSPS) is 10.3. The molecule has 0 bridgehead atoms. The number of benzene rings is 2. The first-order valence-electron chi connectivity index (χ1n) is 5.92. The predicted molar refractivity (Wildman–Crippen MR) is 84.2 cm³/mol. The molecule has 0 aliphatic rings. The molecule has 0 unspecified atom stereocenters. The molecule has 0 saturated heterocycles. The van der Waals surface area contributed by atoms with Gasteiger partial charge >= 0.3 is 0 Å². The Morgan fingerprint density at radius 1 is 1.21 bits per heavy atom. The van der Waals surface area contributed by atoms with E-state index in [4.69, 9.17) is 16.3 Å². The third-order valence-electron chi connectivity index (χ3n) is 2.95. The van der Waals surface area contributed by atoms with E-state index in [-0.39, 0.29) is 0 Å². The van der Waals surface area contributed by atoms with E-state index < -0.39 is 0 Å². The van der Waals surface area contributed by atoms with Crippen molar-refractivity contribution in [2.24, 2.45) is 0 Å². The van der Waals surface area contributed by atoms with Gasteiger partial charge in [0.1, 0.15) is 5.75 Å². The van der Waals surface area contributed by atoms with E-state index in [0.29, 0.717) is 0 Å². The van der Waals surface area contributed by atoms with Crippen LogP contribution in [0.4, 0.5) is 5.69 Å². The Balaban J connectivity index is 2.14. The zero-order chi connectivity index (χ0) is 13.8. The van der Waals surface area contributed by atoms with Gasteiger partial charge in [-0.25, -0.2) is 0 Å². The molecule has 0 aromatic heterocycles. The third-order valence-corrected chi connectivity index (χ3v) is 3.87. The molecule has 0 atom stereocenters. The lowest BCUT2D eigenvalue weighted by molar-refractivity contribution is 0.415. The molecule has 0 aliphatic carbocycles. The first-order chi connectivity index (χ1) is 9.10. The van der Waals surface area contributed by atoms with Crippen molar-refractivity contribution in [2.75, 3.05) is 12.4 Å². The molecule has 0 amide bonds. The smallest absolute Gasteiger partial charge is 0.121 e. The number of hydrogen-bond donors (Lipinski definition) is 1. The van der Waals surface area contributed by atoms with Crippen molar-refractivity contribution in [1.82, 2.24) is 0 Å². The average Bonchev–Trinajstić information content (AvgIpc) is 2.39. The number of aryl methyl sites for hydroxylation is 1. The Morgan fingerprint density at radius 3 is 2.68 bits per heavy atom. The van der Waals surface area contributed by atoms with Gasteiger partial charge < -0.3 is 10.1 Å². The van der Waals surface area contributed by atoms with Crippen LogP contribution >= 0.6 is 27.5 Å². The minimum Gasteiger partial charge on any atom is -0.497 e. The Morgan fingerprint density at radius 2 is 2.00 bits per heavy atom. The van der Waals surface area contributed by atoms with E-state index in [2.05, 4.69) is 28.2 Å². The summed E-state index contributed by atoms with van der Waals surface area (Å²) < 4.78 is 6.24. The van der Waals surface area contributed by atoms with Gasteiger partial charge in [-0.3, -0.25) is 0 Å². The molecule has 0 fully saturated rings. The van der Waals surface area contributed by atoms with Crippen LogP contribution in [0, 0.1) is 6.92 Å². The maximum Gasteiger partial charge on any atom is 0.121 e. The fourth-order valence-corrected chi connectivity index (χ4v) is 2.43. The summed E-state index contributed by atoms with van der Waals surface area (Å²) in [6, 6.07) is 11.8. The topological polar surface area (TPSA) is 21.3 Å². The monoisotopic (exact) mass is 339 g/mol. The molecule has 0 spiro atoms. The summed E-state index contributed by atoms with van der Waals surface area (Å²) in [6.45, 7) is 2.80.